The van der Waals surface area contributed by atoms with Crippen LogP contribution in [0.25, 0.3) is 21.3 Å². The van der Waals surface area contributed by atoms with E-state index in [2.05, 4.69) is 60.2 Å². The van der Waals surface area contributed by atoms with Gasteiger partial charge in [-0.3, -0.25) is 9.98 Å². The molecular weight excluding hydrogens is 454 g/mol. The van der Waals surface area contributed by atoms with E-state index < -0.39 is 0 Å². The lowest BCUT2D eigenvalue weighted by Crippen LogP contribution is -2.30. The summed E-state index contributed by atoms with van der Waals surface area (Å²) in [5, 5.41) is 4.35. The number of ether oxygens (including phenoxy) is 1. The van der Waals surface area contributed by atoms with Crippen LogP contribution in [0.4, 0.5) is 5.13 Å². The van der Waals surface area contributed by atoms with Crippen molar-refractivity contribution in [1.29, 1.82) is 0 Å². The number of rotatable bonds is 12. The quantitative estimate of drug-likeness (QED) is 0.317. The molecular formula is C28H37N5OS. The van der Waals surface area contributed by atoms with E-state index in [1.165, 1.54) is 34.2 Å². The Kier molecular flexibility index (Phi) is 9.40. The third-order valence-corrected chi connectivity index (χ3v) is 7.00. The minimum atomic E-state index is 0.301. The van der Waals surface area contributed by atoms with E-state index in [0.717, 1.165) is 62.1 Å². The van der Waals surface area contributed by atoms with Gasteiger partial charge in [-0.2, -0.15) is 0 Å². The van der Waals surface area contributed by atoms with Gasteiger partial charge in [0, 0.05) is 25.5 Å². The second-order valence-electron chi connectivity index (χ2n) is 9.25. The minimum absolute atomic E-state index is 0.301. The second kappa shape index (κ2) is 12.9. The van der Waals surface area contributed by atoms with Crippen molar-refractivity contribution >= 4 is 32.5 Å². The molecule has 0 atom stereocenters. The van der Waals surface area contributed by atoms with Crippen LogP contribution in [0.15, 0.2) is 59.4 Å². The number of nitrogens with one attached hydrogen (secondary N) is 1. The monoisotopic (exact) mass is 491 g/mol. The Labute approximate surface area is 213 Å². The van der Waals surface area contributed by atoms with Gasteiger partial charge in [-0.1, -0.05) is 29.9 Å². The van der Waals surface area contributed by atoms with Crippen molar-refractivity contribution in [3.8, 4) is 11.1 Å². The molecule has 186 valence electrons. The lowest BCUT2D eigenvalue weighted by molar-refractivity contribution is 0.0587. The second-order valence-corrected chi connectivity index (χ2v) is 10.3. The van der Waals surface area contributed by atoms with Crippen molar-refractivity contribution in [2.24, 2.45) is 4.99 Å². The average molecular weight is 492 g/mol. The van der Waals surface area contributed by atoms with Gasteiger partial charge in [0.05, 0.1) is 22.9 Å². The predicted molar refractivity (Wildman–Crippen MR) is 149 cm³/mol. The molecule has 2 aromatic heterocycles. The Hall–Kier alpha value is -2.61. The smallest absolute Gasteiger partial charge is 0.189 e. The van der Waals surface area contributed by atoms with Gasteiger partial charge in [0.1, 0.15) is 5.84 Å². The van der Waals surface area contributed by atoms with Gasteiger partial charge in [0.15, 0.2) is 5.13 Å². The maximum atomic E-state index is 5.75. The van der Waals surface area contributed by atoms with E-state index in [1.54, 1.807) is 11.3 Å². The molecule has 1 aliphatic rings. The minimum Gasteiger partial charge on any atom is -0.377 e. The van der Waals surface area contributed by atoms with Crippen molar-refractivity contribution < 1.29 is 4.74 Å². The molecule has 6 nitrogen and oxygen atoms in total. The fourth-order valence-electron chi connectivity index (χ4n) is 4.31. The first-order chi connectivity index (χ1) is 17.1. The van der Waals surface area contributed by atoms with E-state index in [9.17, 15) is 0 Å². The number of hydrogen-bond acceptors (Lipinski definition) is 7. The van der Waals surface area contributed by atoms with Gasteiger partial charge in [0.25, 0.3) is 0 Å². The standard InChI is InChI=1S/C28H37N5OS/c1-4-15-33(17-18-34-21(2)3)16-5-6-22-9-14-30-27(19-22)32-28-31-25-8-7-24(20-26(25)35-28)23-10-12-29-13-11-23/h7-8,10-13,19-21H,4-6,9,14-18H2,1-3H3,(H,30,31,32). The Bertz CT molecular complexity index is 1140. The molecule has 35 heavy (non-hydrogen) atoms. The Morgan fingerprint density at radius 2 is 1.94 bits per heavy atom. The van der Waals surface area contributed by atoms with Crippen LogP contribution in [0.1, 0.15) is 46.5 Å². The third-order valence-electron chi connectivity index (χ3n) is 6.06. The highest BCUT2D eigenvalue weighted by Gasteiger charge is 2.12. The summed E-state index contributed by atoms with van der Waals surface area (Å²) in [6.07, 6.45) is 10.7. The molecule has 0 fully saturated rings. The van der Waals surface area contributed by atoms with Gasteiger partial charge in [-0.15, -0.1) is 0 Å². The fourth-order valence-corrected chi connectivity index (χ4v) is 5.23. The number of benzene rings is 1. The first kappa shape index (κ1) is 25.5. The van der Waals surface area contributed by atoms with Crippen LogP contribution in [0, 0.1) is 0 Å². The number of amidine groups is 1. The lowest BCUT2D eigenvalue weighted by atomic mass is 10.0. The number of anilines is 1. The van der Waals surface area contributed by atoms with Gasteiger partial charge in [-0.25, -0.2) is 4.98 Å². The zero-order chi connectivity index (χ0) is 24.5. The van der Waals surface area contributed by atoms with Crippen molar-refractivity contribution in [1.82, 2.24) is 14.9 Å². The Balaban J connectivity index is 1.32. The summed E-state index contributed by atoms with van der Waals surface area (Å²) in [7, 11) is 0. The molecule has 1 aromatic carbocycles. The van der Waals surface area contributed by atoms with E-state index in [0.29, 0.717) is 6.10 Å². The summed E-state index contributed by atoms with van der Waals surface area (Å²) in [4.78, 5) is 16.1. The maximum absolute atomic E-state index is 5.75. The number of aromatic nitrogens is 2. The third kappa shape index (κ3) is 7.69. The van der Waals surface area contributed by atoms with Crippen LogP contribution >= 0.6 is 11.3 Å². The molecule has 0 saturated carbocycles. The summed E-state index contributed by atoms with van der Waals surface area (Å²) >= 11 is 1.67. The largest absolute Gasteiger partial charge is 0.377 e. The van der Waals surface area contributed by atoms with Gasteiger partial charge in [0.2, 0.25) is 0 Å². The number of dihydropyridines is 1. The summed E-state index contributed by atoms with van der Waals surface area (Å²) in [5.74, 6) is 0.926. The van der Waals surface area contributed by atoms with Crippen molar-refractivity contribution in [2.75, 3.05) is 38.1 Å². The van der Waals surface area contributed by atoms with E-state index in [4.69, 9.17) is 14.7 Å². The molecule has 0 unspecified atom stereocenters. The Morgan fingerprint density at radius 3 is 2.74 bits per heavy atom. The maximum Gasteiger partial charge on any atom is 0.189 e. The zero-order valence-electron chi connectivity index (χ0n) is 21.2. The van der Waals surface area contributed by atoms with Gasteiger partial charge < -0.3 is 15.0 Å². The summed E-state index contributed by atoms with van der Waals surface area (Å²) in [6, 6.07) is 10.5. The van der Waals surface area contributed by atoms with Crippen molar-refractivity contribution in [3.63, 3.8) is 0 Å². The zero-order valence-corrected chi connectivity index (χ0v) is 22.0. The Morgan fingerprint density at radius 1 is 1.09 bits per heavy atom. The summed E-state index contributed by atoms with van der Waals surface area (Å²) in [5.41, 5.74) is 4.83. The molecule has 0 saturated heterocycles. The molecule has 4 rings (SSSR count). The first-order valence-corrected chi connectivity index (χ1v) is 13.6. The molecule has 1 N–H and O–H groups in total. The van der Waals surface area contributed by atoms with Crippen LogP contribution in [-0.2, 0) is 4.74 Å². The topological polar surface area (TPSA) is 62.6 Å². The van der Waals surface area contributed by atoms with Crippen LogP contribution in [0.3, 0.4) is 0 Å². The fraction of sp³-hybridized carbons (Fsp3) is 0.464. The summed E-state index contributed by atoms with van der Waals surface area (Å²) in [6.45, 7) is 11.4. The molecule has 3 heterocycles. The number of fused-ring (bicyclic) bond motifs is 1. The molecule has 3 aromatic rings. The molecule has 7 heteroatoms. The van der Waals surface area contributed by atoms with Crippen LogP contribution in [0.2, 0.25) is 0 Å². The van der Waals surface area contributed by atoms with Crippen LogP contribution in [0.5, 0.6) is 0 Å². The molecule has 0 radical (unpaired) electrons. The summed E-state index contributed by atoms with van der Waals surface area (Å²) < 4.78 is 6.92. The highest BCUT2D eigenvalue weighted by Crippen LogP contribution is 2.30. The molecule has 0 aliphatic carbocycles. The number of thiazole rings is 1. The van der Waals surface area contributed by atoms with E-state index in [1.807, 2.05) is 24.5 Å². The molecule has 1 aliphatic heterocycles. The lowest BCUT2D eigenvalue weighted by Gasteiger charge is -2.23. The molecule has 0 bridgehead atoms. The van der Waals surface area contributed by atoms with Crippen molar-refractivity contribution in [2.45, 2.75) is 52.6 Å². The van der Waals surface area contributed by atoms with E-state index >= 15 is 0 Å². The SMILES string of the molecule is CCCN(CCCC1=CC(Nc2nc3ccc(-c4ccncc4)cc3s2)=NCC1)CCOC(C)C. The highest BCUT2D eigenvalue weighted by atomic mass is 32.1. The van der Waals surface area contributed by atoms with Gasteiger partial charge in [-0.05, 0) is 94.1 Å². The van der Waals surface area contributed by atoms with E-state index in [-0.39, 0.29) is 0 Å². The number of hydrogen-bond donors (Lipinski definition) is 1. The normalized spacial score (nSPS) is 14.0. The van der Waals surface area contributed by atoms with Gasteiger partial charge >= 0.3 is 0 Å². The number of pyridine rings is 1. The molecule has 0 amide bonds. The van der Waals surface area contributed by atoms with Crippen LogP contribution in [-0.4, -0.2) is 59.6 Å². The number of nitrogens with zero attached hydrogens (tertiary/aromatic N) is 4. The average Bonchev–Trinajstić information content (AvgIpc) is 3.26. The van der Waals surface area contributed by atoms with Crippen molar-refractivity contribution in [3.05, 3.63) is 54.4 Å². The number of aliphatic imine (C=N–C) groups is 1. The predicted octanol–water partition coefficient (Wildman–Crippen LogP) is 6.42. The molecule has 0 spiro atoms. The first-order valence-electron chi connectivity index (χ1n) is 12.8. The van der Waals surface area contributed by atoms with Crippen LogP contribution < -0.4 is 5.32 Å². The highest BCUT2D eigenvalue weighted by molar-refractivity contribution is 7.22.